The molecule has 0 aliphatic rings. The summed E-state index contributed by atoms with van der Waals surface area (Å²) >= 11 is 0. The zero-order valence-corrected chi connectivity index (χ0v) is 11.7. The van der Waals surface area contributed by atoms with E-state index in [9.17, 15) is 13.8 Å². The number of anilines is 1. The Morgan fingerprint density at radius 1 is 1.32 bits per heavy atom. The first-order valence-corrected chi connectivity index (χ1v) is 7.29. The van der Waals surface area contributed by atoms with Gasteiger partial charge in [0.25, 0.3) is 0 Å². The van der Waals surface area contributed by atoms with E-state index < -0.39 is 22.7 Å². The lowest BCUT2D eigenvalue weighted by Gasteiger charge is -2.09. The second kappa shape index (κ2) is 7.68. The van der Waals surface area contributed by atoms with Gasteiger partial charge in [0.1, 0.15) is 5.75 Å². The largest absolute Gasteiger partial charge is 0.469 e. The molecule has 0 aliphatic carbocycles. The van der Waals surface area contributed by atoms with Crippen LogP contribution in [0.5, 0.6) is 0 Å². The summed E-state index contributed by atoms with van der Waals surface area (Å²) in [6, 6.07) is 8.93. The van der Waals surface area contributed by atoms with Crippen molar-refractivity contribution in [3.8, 4) is 0 Å². The van der Waals surface area contributed by atoms with Gasteiger partial charge in [-0.1, -0.05) is 25.1 Å². The van der Waals surface area contributed by atoms with Crippen LogP contribution in [0, 0.1) is 5.92 Å². The Balaban J connectivity index is 2.40. The Morgan fingerprint density at radius 3 is 2.53 bits per heavy atom. The molecule has 1 aromatic rings. The van der Waals surface area contributed by atoms with Crippen LogP contribution in [0.3, 0.4) is 0 Å². The van der Waals surface area contributed by atoms with E-state index in [4.69, 9.17) is 0 Å². The lowest BCUT2D eigenvalue weighted by atomic mass is 10.2. The molecule has 0 aliphatic heterocycles. The average molecular weight is 283 g/mol. The molecule has 5 nitrogen and oxygen atoms in total. The standard InChI is InChI=1S/C13H17NO4S/c1-10(13(16)18-2)8-19(17)9-12(15)14-11-6-4-3-5-7-11/h3-7,10H,8-9H2,1-2H3,(H,14,15). The fraction of sp³-hybridized carbons (Fsp3) is 0.385. The van der Waals surface area contributed by atoms with E-state index in [1.54, 1.807) is 31.2 Å². The Bertz CT molecular complexity index is 461. The molecule has 6 heteroatoms. The average Bonchev–Trinajstić information content (AvgIpc) is 2.38. The molecule has 0 saturated carbocycles. The number of esters is 1. The molecule has 104 valence electrons. The molecule has 1 rings (SSSR count). The first-order valence-electron chi connectivity index (χ1n) is 5.80. The van der Waals surface area contributed by atoms with Gasteiger partial charge in [-0.3, -0.25) is 13.8 Å². The Morgan fingerprint density at radius 2 is 1.95 bits per heavy atom. The number of hydrogen-bond donors (Lipinski definition) is 1. The van der Waals surface area contributed by atoms with Gasteiger partial charge >= 0.3 is 5.97 Å². The third-order valence-electron chi connectivity index (χ3n) is 2.39. The van der Waals surface area contributed by atoms with Crippen LogP contribution >= 0.6 is 0 Å². The second-order valence-electron chi connectivity index (χ2n) is 4.09. The fourth-order valence-electron chi connectivity index (χ4n) is 1.47. The van der Waals surface area contributed by atoms with E-state index in [0.717, 1.165) is 0 Å². The van der Waals surface area contributed by atoms with E-state index in [0.29, 0.717) is 5.69 Å². The number of nitrogens with one attached hydrogen (secondary N) is 1. The molecule has 1 amide bonds. The van der Waals surface area contributed by atoms with Crippen LogP contribution < -0.4 is 5.32 Å². The summed E-state index contributed by atoms with van der Waals surface area (Å²) in [5.74, 6) is -1.24. The van der Waals surface area contributed by atoms with Crippen LogP contribution in [-0.2, 0) is 25.1 Å². The number of carbonyl (C=O) groups is 2. The maximum Gasteiger partial charge on any atom is 0.309 e. The number of benzene rings is 1. The second-order valence-corrected chi connectivity index (χ2v) is 5.59. The Labute approximate surface area is 114 Å². The molecular weight excluding hydrogens is 266 g/mol. The number of para-hydroxylation sites is 1. The van der Waals surface area contributed by atoms with Crippen molar-refractivity contribution < 1.29 is 18.5 Å². The number of amides is 1. The smallest absolute Gasteiger partial charge is 0.309 e. The molecule has 0 saturated heterocycles. The molecule has 0 spiro atoms. The summed E-state index contributed by atoms with van der Waals surface area (Å²) in [6.45, 7) is 1.62. The monoisotopic (exact) mass is 283 g/mol. The van der Waals surface area contributed by atoms with Crippen LogP contribution in [0.2, 0.25) is 0 Å². The van der Waals surface area contributed by atoms with Crippen LogP contribution in [0.25, 0.3) is 0 Å². The maximum absolute atomic E-state index is 11.7. The normalized spacial score (nSPS) is 13.4. The minimum absolute atomic E-state index is 0.120. The van der Waals surface area contributed by atoms with Gasteiger partial charge < -0.3 is 10.1 Å². The fourth-order valence-corrected chi connectivity index (χ4v) is 2.65. The zero-order chi connectivity index (χ0) is 14.3. The van der Waals surface area contributed by atoms with Crippen molar-refractivity contribution in [3.63, 3.8) is 0 Å². The minimum atomic E-state index is -1.39. The first-order chi connectivity index (χ1) is 9.02. The molecule has 0 bridgehead atoms. The van der Waals surface area contributed by atoms with Crippen LogP contribution in [0.1, 0.15) is 6.92 Å². The summed E-state index contributed by atoms with van der Waals surface area (Å²) in [5.41, 5.74) is 0.658. The van der Waals surface area contributed by atoms with E-state index in [-0.39, 0.29) is 17.4 Å². The molecule has 0 aromatic heterocycles. The van der Waals surface area contributed by atoms with Crippen molar-refractivity contribution in [2.75, 3.05) is 23.9 Å². The Kier molecular flexibility index (Phi) is 6.21. The van der Waals surface area contributed by atoms with E-state index >= 15 is 0 Å². The topological polar surface area (TPSA) is 72.5 Å². The van der Waals surface area contributed by atoms with E-state index in [2.05, 4.69) is 10.1 Å². The van der Waals surface area contributed by atoms with Gasteiger partial charge in [-0.2, -0.15) is 0 Å². The number of hydrogen-bond acceptors (Lipinski definition) is 4. The van der Waals surface area contributed by atoms with Gasteiger partial charge in [-0.25, -0.2) is 0 Å². The number of ether oxygens (including phenoxy) is 1. The van der Waals surface area contributed by atoms with Gasteiger partial charge in [0, 0.05) is 22.2 Å². The van der Waals surface area contributed by atoms with Crippen molar-refractivity contribution in [1.82, 2.24) is 0 Å². The van der Waals surface area contributed by atoms with Crippen molar-refractivity contribution >= 4 is 28.4 Å². The summed E-state index contributed by atoms with van der Waals surface area (Å²) in [6.07, 6.45) is 0. The van der Waals surface area contributed by atoms with Crippen molar-refractivity contribution in [3.05, 3.63) is 30.3 Å². The Hall–Kier alpha value is -1.69. The molecule has 0 fully saturated rings. The molecule has 2 atom stereocenters. The summed E-state index contributed by atoms with van der Waals surface area (Å²) < 4.78 is 16.3. The van der Waals surface area contributed by atoms with Gasteiger partial charge in [0.2, 0.25) is 5.91 Å². The number of rotatable bonds is 6. The molecule has 0 radical (unpaired) electrons. The van der Waals surface area contributed by atoms with Gasteiger partial charge in [0.15, 0.2) is 0 Å². The highest BCUT2D eigenvalue weighted by atomic mass is 32.2. The van der Waals surface area contributed by atoms with Gasteiger partial charge in [-0.15, -0.1) is 0 Å². The zero-order valence-electron chi connectivity index (χ0n) is 10.9. The molecule has 19 heavy (non-hydrogen) atoms. The van der Waals surface area contributed by atoms with Crippen molar-refractivity contribution in [1.29, 1.82) is 0 Å². The van der Waals surface area contributed by atoms with E-state index in [1.807, 2.05) is 6.07 Å². The van der Waals surface area contributed by atoms with Crippen molar-refractivity contribution in [2.24, 2.45) is 5.92 Å². The highest BCUT2D eigenvalue weighted by Crippen LogP contribution is 2.06. The van der Waals surface area contributed by atoms with Gasteiger partial charge in [-0.05, 0) is 12.1 Å². The van der Waals surface area contributed by atoms with Crippen LogP contribution in [-0.4, -0.2) is 34.7 Å². The molecule has 2 unspecified atom stereocenters. The SMILES string of the molecule is COC(=O)C(C)CS(=O)CC(=O)Nc1ccccc1. The minimum Gasteiger partial charge on any atom is -0.469 e. The summed E-state index contributed by atoms with van der Waals surface area (Å²) in [7, 11) is -0.107. The lowest BCUT2D eigenvalue weighted by molar-refractivity contribution is -0.144. The molecular formula is C13H17NO4S. The van der Waals surface area contributed by atoms with Crippen molar-refractivity contribution in [2.45, 2.75) is 6.92 Å². The third kappa shape index (κ3) is 5.65. The predicted molar refractivity (Wildman–Crippen MR) is 74.1 cm³/mol. The van der Waals surface area contributed by atoms with Gasteiger partial charge in [0.05, 0.1) is 13.0 Å². The number of carbonyl (C=O) groups excluding carboxylic acids is 2. The molecule has 0 heterocycles. The first kappa shape index (κ1) is 15.4. The van der Waals surface area contributed by atoms with Crippen LogP contribution in [0.4, 0.5) is 5.69 Å². The predicted octanol–water partition coefficient (Wildman–Crippen LogP) is 1.18. The summed E-state index contributed by atoms with van der Waals surface area (Å²) in [5, 5.41) is 2.64. The molecule has 1 N–H and O–H groups in total. The van der Waals surface area contributed by atoms with E-state index in [1.165, 1.54) is 7.11 Å². The molecule has 1 aromatic carbocycles. The highest BCUT2D eigenvalue weighted by molar-refractivity contribution is 7.85. The van der Waals surface area contributed by atoms with Crippen LogP contribution in [0.15, 0.2) is 30.3 Å². The summed E-state index contributed by atoms with van der Waals surface area (Å²) in [4.78, 5) is 22.8. The quantitative estimate of drug-likeness (QED) is 0.796. The third-order valence-corrected chi connectivity index (χ3v) is 3.85. The lowest BCUT2D eigenvalue weighted by Crippen LogP contribution is -2.25. The maximum atomic E-state index is 11.7. The number of methoxy groups -OCH3 is 1. The highest BCUT2D eigenvalue weighted by Gasteiger charge is 2.18.